The van der Waals surface area contributed by atoms with Crippen molar-refractivity contribution in [2.45, 2.75) is 17.9 Å². The summed E-state index contributed by atoms with van der Waals surface area (Å²) >= 11 is 0. The lowest BCUT2D eigenvalue weighted by molar-refractivity contribution is -0.386. The molecule has 0 aliphatic rings. The molecule has 1 heterocycles. The second-order valence-electron chi connectivity index (χ2n) is 6.08. The average Bonchev–Trinajstić information content (AvgIpc) is 2.68. The zero-order chi connectivity index (χ0) is 22.5. The summed E-state index contributed by atoms with van der Waals surface area (Å²) in [5.74, 6) is -1.51. The van der Waals surface area contributed by atoms with E-state index in [0.717, 1.165) is 29.5 Å². The summed E-state index contributed by atoms with van der Waals surface area (Å²) in [6, 6.07) is 6.54. The van der Waals surface area contributed by atoms with E-state index in [9.17, 15) is 32.9 Å². The number of ether oxygens (including phenoxy) is 1. The SMILES string of the molecule is COC(=O)c1cc([N+](=O)[O-])c(=O)n(CC(=O)NCCc2ccc(S(N)(=O)=O)cc2)c1. The molecule has 13 heteroatoms. The molecule has 2 aromatic rings. The van der Waals surface area contributed by atoms with Gasteiger partial charge in [-0.15, -0.1) is 0 Å². The van der Waals surface area contributed by atoms with Gasteiger partial charge >= 0.3 is 17.2 Å². The molecular weight excluding hydrogens is 420 g/mol. The Hall–Kier alpha value is -3.58. The lowest BCUT2D eigenvalue weighted by Crippen LogP contribution is -2.34. The minimum atomic E-state index is -3.80. The van der Waals surface area contributed by atoms with E-state index in [-0.39, 0.29) is 17.0 Å². The summed E-state index contributed by atoms with van der Waals surface area (Å²) in [5, 5.41) is 18.6. The van der Waals surface area contributed by atoms with Crippen molar-refractivity contribution in [3.8, 4) is 0 Å². The molecule has 0 atom stereocenters. The number of nitrogens with one attached hydrogen (secondary N) is 1. The maximum atomic E-state index is 12.1. The summed E-state index contributed by atoms with van der Waals surface area (Å²) in [7, 11) is -2.72. The van der Waals surface area contributed by atoms with Gasteiger partial charge in [0.2, 0.25) is 15.9 Å². The normalized spacial score (nSPS) is 11.0. The highest BCUT2D eigenvalue weighted by Crippen LogP contribution is 2.10. The Bertz CT molecular complexity index is 1140. The number of nitrogens with zero attached hydrogens (tertiary/aromatic N) is 2. The third kappa shape index (κ3) is 5.71. The van der Waals surface area contributed by atoms with Crippen molar-refractivity contribution >= 4 is 27.6 Å². The number of amides is 1. The number of sulfonamides is 1. The number of nitrogens with two attached hydrogens (primary N) is 1. The fourth-order valence-corrected chi connectivity index (χ4v) is 3.02. The molecule has 0 saturated heterocycles. The van der Waals surface area contributed by atoms with Crippen LogP contribution in [0.1, 0.15) is 15.9 Å². The largest absolute Gasteiger partial charge is 0.465 e. The van der Waals surface area contributed by atoms with Crippen LogP contribution in [0.25, 0.3) is 0 Å². The number of benzene rings is 1. The van der Waals surface area contributed by atoms with Crippen molar-refractivity contribution in [2.24, 2.45) is 5.14 Å². The van der Waals surface area contributed by atoms with Gasteiger partial charge in [-0.2, -0.15) is 0 Å². The summed E-state index contributed by atoms with van der Waals surface area (Å²) in [5.41, 5.74) is -1.42. The predicted octanol–water partition coefficient (Wildman–Crippen LogP) is -0.451. The number of rotatable bonds is 8. The second kappa shape index (κ2) is 9.28. The highest BCUT2D eigenvalue weighted by molar-refractivity contribution is 7.89. The number of carbonyl (C=O) groups is 2. The van der Waals surface area contributed by atoms with E-state index in [1.165, 1.54) is 12.1 Å². The van der Waals surface area contributed by atoms with E-state index in [1.807, 2.05) is 0 Å². The van der Waals surface area contributed by atoms with Crippen molar-refractivity contribution < 1.29 is 27.7 Å². The van der Waals surface area contributed by atoms with Gasteiger partial charge in [0, 0.05) is 18.8 Å². The molecule has 1 aromatic heterocycles. The Morgan fingerprint density at radius 1 is 1.27 bits per heavy atom. The van der Waals surface area contributed by atoms with Gasteiger partial charge in [0.05, 0.1) is 22.5 Å². The van der Waals surface area contributed by atoms with Crippen LogP contribution >= 0.6 is 0 Å². The highest BCUT2D eigenvalue weighted by Gasteiger charge is 2.21. The molecule has 0 fully saturated rings. The molecule has 12 nitrogen and oxygen atoms in total. The Balaban J connectivity index is 2.05. The van der Waals surface area contributed by atoms with Crippen LogP contribution < -0.4 is 16.0 Å². The number of hydrogen-bond donors (Lipinski definition) is 2. The van der Waals surface area contributed by atoms with Crippen molar-refractivity contribution in [1.82, 2.24) is 9.88 Å². The van der Waals surface area contributed by atoms with Crippen molar-refractivity contribution in [1.29, 1.82) is 0 Å². The van der Waals surface area contributed by atoms with Gasteiger partial charge in [0.25, 0.3) is 0 Å². The first-order chi connectivity index (χ1) is 14.0. The van der Waals surface area contributed by atoms with Crippen LogP contribution in [-0.2, 0) is 32.5 Å². The molecule has 0 bridgehead atoms. The van der Waals surface area contributed by atoms with Crippen LogP contribution in [0.4, 0.5) is 5.69 Å². The molecule has 30 heavy (non-hydrogen) atoms. The zero-order valence-corrected chi connectivity index (χ0v) is 16.5. The van der Waals surface area contributed by atoms with Crippen LogP contribution in [-0.4, -0.2) is 43.4 Å². The van der Waals surface area contributed by atoms with E-state index in [0.29, 0.717) is 6.42 Å². The monoisotopic (exact) mass is 438 g/mol. The zero-order valence-electron chi connectivity index (χ0n) is 15.7. The Labute approximate surface area is 170 Å². The van der Waals surface area contributed by atoms with Gasteiger partial charge in [0.15, 0.2) is 0 Å². The highest BCUT2D eigenvalue weighted by atomic mass is 32.2. The summed E-state index contributed by atoms with van der Waals surface area (Å²) in [6.45, 7) is -0.393. The third-order valence-corrected chi connectivity index (χ3v) is 4.92. The molecule has 2 rings (SSSR count). The molecule has 0 saturated carbocycles. The quantitative estimate of drug-likeness (QED) is 0.316. The summed E-state index contributed by atoms with van der Waals surface area (Å²) < 4.78 is 27.7. The van der Waals surface area contributed by atoms with Crippen molar-refractivity contribution in [3.05, 3.63) is 68.1 Å². The van der Waals surface area contributed by atoms with E-state index >= 15 is 0 Å². The van der Waals surface area contributed by atoms with E-state index in [2.05, 4.69) is 10.1 Å². The first kappa shape index (κ1) is 22.7. The number of pyridine rings is 1. The van der Waals surface area contributed by atoms with Gasteiger partial charge in [-0.25, -0.2) is 18.4 Å². The molecular formula is C17H18N4O8S. The van der Waals surface area contributed by atoms with E-state index < -0.39 is 44.6 Å². The van der Waals surface area contributed by atoms with Gasteiger partial charge in [-0.3, -0.25) is 24.3 Å². The molecule has 0 radical (unpaired) electrons. The predicted molar refractivity (Wildman–Crippen MR) is 103 cm³/mol. The molecule has 1 amide bonds. The number of aromatic nitrogens is 1. The fourth-order valence-electron chi connectivity index (χ4n) is 2.50. The van der Waals surface area contributed by atoms with Crippen LogP contribution in [0.15, 0.2) is 46.2 Å². The summed E-state index contributed by atoms with van der Waals surface area (Å²) in [6.07, 6.45) is 1.36. The molecule has 1 aromatic carbocycles. The van der Waals surface area contributed by atoms with Crippen LogP contribution in [0.3, 0.4) is 0 Å². The maximum Gasteiger partial charge on any atom is 0.339 e. The molecule has 0 spiro atoms. The van der Waals surface area contributed by atoms with Gasteiger partial charge in [0.1, 0.15) is 6.54 Å². The lowest BCUT2D eigenvalue weighted by atomic mass is 10.1. The summed E-state index contributed by atoms with van der Waals surface area (Å²) in [4.78, 5) is 46.0. The second-order valence-corrected chi connectivity index (χ2v) is 7.65. The number of nitro groups is 1. The number of carbonyl (C=O) groups excluding carboxylic acids is 2. The number of hydrogen-bond acceptors (Lipinski definition) is 8. The Morgan fingerprint density at radius 3 is 2.43 bits per heavy atom. The van der Waals surface area contributed by atoms with Gasteiger partial charge in [-0.1, -0.05) is 12.1 Å². The minimum Gasteiger partial charge on any atom is -0.465 e. The first-order valence-electron chi connectivity index (χ1n) is 8.38. The lowest BCUT2D eigenvalue weighted by Gasteiger charge is -2.09. The number of methoxy groups -OCH3 is 1. The smallest absolute Gasteiger partial charge is 0.339 e. The molecule has 0 aliphatic carbocycles. The molecule has 160 valence electrons. The topological polar surface area (TPSA) is 181 Å². The Kier molecular flexibility index (Phi) is 7.02. The first-order valence-corrected chi connectivity index (χ1v) is 9.93. The van der Waals surface area contributed by atoms with Crippen LogP contribution in [0.2, 0.25) is 0 Å². The van der Waals surface area contributed by atoms with Gasteiger partial charge < -0.3 is 10.1 Å². The number of esters is 1. The number of primary sulfonamides is 1. The van der Waals surface area contributed by atoms with E-state index in [4.69, 9.17) is 5.14 Å². The van der Waals surface area contributed by atoms with Crippen LogP contribution in [0.5, 0.6) is 0 Å². The third-order valence-electron chi connectivity index (χ3n) is 3.99. The fraction of sp³-hybridized carbons (Fsp3) is 0.235. The average molecular weight is 438 g/mol. The van der Waals surface area contributed by atoms with E-state index in [1.54, 1.807) is 12.1 Å². The van der Waals surface area contributed by atoms with Crippen LogP contribution in [0, 0.1) is 10.1 Å². The molecule has 0 unspecified atom stereocenters. The molecule has 0 aliphatic heterocycles. The Morgan fingerprint density at radius 2 is 1.90 bits per heavy atom. The van der Waals surface area contributed by atoms with Crippen molar-refractivity contribution in [3.63, 3.8) is 0 Å². The maximum absolute atomic E-state index is 12.1. The van der Waals surface area contributed by atoms with Crippen molar-refractivity contribution in [2.75, 3.05) is 13.7 Å². The molecule has 3 N–H and O–H groups in total. The minimum absolute atomic E-state index is 0.0401. The standard InChI is InChI=1S/C17H18N4O8S/c1-29-17(24)12-8-14(21(25)26)16(23)20(9-12)10-15(22)19-7-6-11-2-4-13(5-3-11)30(18,27)28/h2-5,8-9H,6-7,10H2,1H3,(H,19,22)(H2,18,27,28). The van der Waals surface area contributed by atoms with Gasteiger partial charge in [-0.05, 0) is 24.1 Å².